The Morgan fingerprint density at radius 3 is 2.54 bits per heavy atom. The van der Waals surface area contributed by atoms with E-state index in [1.807, 2.05) is 0 Å². The molecule has 2 aromatic rings. The molecule has 8 heteroatoms. The van der Waals surface area contributed by atoms with Gasteiger partial charge in [0.15, 0.2) is 5.75 Å². The molecule has 0 heterocycles. The first-order chi connectivity index (χ1) is 13.3. The van der Waals surface area contributed by atoms with Crippen LogP contribution in [0.15, 0.2) is 27.8 Å². The second kappa shape index (κ2) is 8.02. The minimum atomic E-state index is -0.678. The van der Waals surface area contributed by atoms with Crippen LogP contribution < -0.4 is 21.5 Å². The molecule has 4 N–H and O–H groups in total. The summed E-state index contributed by atoms with van der Waals surface area (Å²) in [6.45, 7) is 0.0192. The number of carbonyl (C=O) groups is 1. The van der Waals surface area contributed by atoms with E-state index < -0.39 is 10.9 Å². The summed E-state index contributed by atoms with van der Waals surface area (Å²) in [5.74, 6) is -0.635. The van der Waals surface area contributed by atoms with Crippen LogP contribution >= 0.6 is 0 Å². The lowest BCUT2D eigenvalue weighted by atomic mass is 9.84. The van der Waals surface area contributed by atoms with Gasteiger partial charge in [-0.2, -0.15) is 0 Å². The van der Waals surface area contributed by atoms with Crippen molar-refractivity contribution in [2.45, 2.75) is 31.7 Å². The molecule has 0 saturated heterocycles. The van der Waals surface area contributed by atoms with Crippen LogP contribution in [0, 0.1) is 5.92 Å². The third-order valence-corrected chi connectivity index (χ3v) is 5.32. The Kier molecular flexibility index (Phi) is 5.69. The van der Waals surface area contributed by atoms with Crippen LogP contribution in [0.25, 0.3) is 0 Å². The summed E-state index contributed by atoms with van der Waals surface area (Å²) in [6, 6.07) is 4.51. The highest BCUT2D eigenvalue weighted by molar-refractivity contribution is 5.99. The van der Waals surface area contributed by atoms with Crippen molar-refractivity contribution in [3.8, 4) is 5.75 Å². The number of nitrogens with zero attached hydrogens (tertiary/aromatic N) is 1. The van der Waals surface area contributed by atoms with Gasteiger partial charge < -0.3 is 25.7 Å². The fourth-order valence-electron chi connectivity index (χ4n) is 3.64. The summed E-state index contributed by atoms with van der Waals surface area (Å²) < 4.78 is 0. The fourth-order valence-corrected chi connectivity index (χ4v) is 3.64. The zero-order valence-corrected chi connectivity index (χ0v) is 16.0. The number of aliphatic hydroxyl groups is 1. The van der Waals surface area contributed by atoms with E-state index >= 15 is 0 Å². The summed E-state index contributed by atoms with van der Waals surface area (Å²) in [5, 5.41) is 25.9. The number of benzene rings is 1. The number of aliphatic hydroxyl groups excluding tert-OH is 1. The van der Waals surface area contributed by atoms with Crippen molar-refractivity contribution in [3.63, 3.8) is 0 Å². The number of amides is 1. The Balaban J connectivity index is 0.00000225. The molecular formula is C20H29N3O5. The molecule has 1 saturated carbocycles. The summed E-state index contributed by atoms with van der Waals surface area (Å²) >= 11 is 0. The highest BCUT2D eigenvalue weighted by Gasteiger charge is 2.29. The van der Waals surface area contributed by atoms with E-state index in [1.54, 1.807) is 20.2 Å². The molecule has 0 aromatic heterocycles. The molecule has 1 amide bonds. The highest BCUT2D eigenvalue weighted by Crippen LogP contribution is 2.33. The molecule has 0 spiro atoms. The molecule has 2 aromatic carbocycles. The Morgan fingerprint density at radius 1 is 1.18 bits per heavy atom. The molecule has 0 radical (unpaired) electrons. The second-order valence-electron chi connectivity index (χ2n) is 7.41. The molecule has 1 aliphatic rings. The zero-order valence-electron chi connectivity index (χ0n) is 16.0. The Labute approximate surface area is 165 Å². The standard InChI is InChI=1S/C20H25N3O5.2H2/c1-23(2)20(28)12-7-5-9-14(17(12)25)22-16-15(18(26)19(16)27)21-13-8-4-3-6-11(13)10-24;;/h5,7,9,11,13,21-22,24-25H,3-4,6,8,10H2,1-2H3;2*1H/t11-,13+;;/m1../s1. The van der Waals surface area contributed by atoms with Crippen molar-refractivity contribution < 1.29 is 17.9 Å². The molecule has 0 bridgehead atoms. The fraction of sp³-hybridized carbons (Fsp3) is 0.450. The van der Waals surface area contributed by atoms with Crippen molar-refractivity contribution in [2.24, 2.45) is 5.92 Å². The van der Waals surface area contributed by atoms with Gasteiger partial charge in [0.2, 0.25) is 0 Å². The number of nitrogens with one attached hydrogen (secondary N) is 2. The van der Waals surface area contributed by atoms with Gasteiger partial charge in [-0.3, -0.25) is 14.4 Å². The molecule has 1 fully saturated rings. The summed E-state index contributed by atoms with van der Waals surface area (Å²) in [6.07, 6.45) is 3.69. The Bertz CT molecular complexity index is 957. The minimum absolute atomic E-state index is 0. The van der Waals surface area contributed by atoms with Crippen molar-refractivity contribution in [2.75, 3.05) is 31.3 Å². The second-order valence-corrected chi connectivity index (χ2v) is 7.41. The largest absolute Gasteiger partial charge is 0.505 e. The van der Waals surface area contributed by atoms with E-state index in [4.69, 9.17) is 0 Å². The first kappa shape index (κ1) is 19.9. The van der Waals surface area contributed by atoms with Crippen molar-refractivity contribution in [3.05, 3.63) is 44.2 Å². The van der Waals surface area contributed by atoms with E-state index in [9.17, 15) is 24.6 Å². The van der Waals surface area contributed by atoms with Gasteiger partial charge in [0.1, 0.15) is 11.4 Å². The predicted molar refractivity (Wildman–Crippen MR) is 111 cm³/mol. The number of para-hydroxylation sites is 1. The molecule has 8 nitrogen and oxygen atoms in total. The van der Waals surface area contributed by atoms with Gasteiger partial charge in [0.25, 0.3) is 16.8 Å². The van der Waals surface area contributed by atoms with E-state index in [1.165, 1.54) is 17.0 Å². The molecule has 1 aliphatic carbocycles. The quantitative estimate of drug-likeness (QED) is 0.438. The topological polar surface area (TPSA) is 119 Å². The maximum atomic E-state index is 12.2. The molecule has 0 aliphatic heterocycles. The highest BCUT2D eigenvalue weighted by atomic mass is 16.3. The van der Waals surface area contributed by atoms with Gasteiger partial charge >= 0.3 is 0 Å². The Morgan fingerprint density at radius 2 is 1.86 bits per heavy atom. The number of anilines is 3. The summed E-state index contributed by atoms with van der Waals surface area (Å²) in [5.41, 5.74) is -0.801. The van der Waals surface area contributed by atoms with E-state index in [2.05, 4.69) is 10.6 Å². The maximum absolute atomic E-state index is 12.2. The maximum Gasteiger partial charge on any atom is 0.257 e. The number of rotatable bonds is 6. The predicted octanol–water partition coefficient (Wildman–Crippen LogP) is 1.89. The van der Waals surface area contributed by atoms with Crippen LogP contribution in [0.5, 0.6) is 5.75 Å². The number of aromatic hydroxyl groups is 1. The zero-order chi connectivity index (χ0) is 20.4. The first-order valence-electron chi connectivity index (χ1n) is 9.36. The van der Waals surface area contributed by atoms with Crippen LogP contribution in [-0.2, 0) is 0 Å². The van der Waals surface area contributed by atoms with Crippen LogP contribution in [-0.4, -0.2) is 47.8 Å². The molecular weight excluding hydrogens is 362 g/mol. The molecule has 2 atom stereocenters. The molecule has 3 rings (SSSR count). The van der Waals surface area contributed by atoms with Gasteiger partial charge in [-0.15, -0.1) is 0 Å². The van der Waals surface area contributed by atoms with Crippen molar-refractivity contribution in [1.82, 2.24) is 4.90 Å². The lowest BCUT2D eigenvalue weighted by Gasteiger charge is -2.32. The number of phenolic OH excluding ortho intramolecular Hbond substituents is 1. The van der Waals surface area contributed by atoms with Crippen molar-refractivity contribution in [1.29, 1.82) is 0 Å². The van der Waals surface area contributed by atoms with Crippen LogP contribution in [0.1, 0.15) is 38.9 Å². The van der Waals surface area contributed by atoms with E-state index in [0.717, 1.165) is 25.7 Å². The van der Waals surface area contributed by atoms with Gasteiger partial charge in [0, 0.05) is 35.5 Å². The van der Waals surface area contributed by atoms with Gasteiger partial charge in [-0.25, -0.2) is 0 Å². The van der Waals surface area contributed by atoms with Crippen molar-refractivity contribution >= 4 is 23.0 Å². The molecule has 0 unspecified atom stereocenters. The number of hydrogen-bond donors (Lipinski definition) is 4. The summed E-state index contributed by atoms with van der Waals surface area (Å²) in [7, 11) is 3.14. The monoisotopic (exact) mass is 391 g/mol. The molecule has 28 heavy (non-hydrogen) atoms. The normalized spacial score (nSPS) is 19.4. The summed E-state index contributed by atoms with van der Waals surface area (Å²) in [4.78, 5) is 37.7. The number of phenols is 1. The lowest BCUT2D eigenvalue weighted by Crippen LogP contribution is -2.42. The van der Waals surface area contributed by atoms with Gasteiger partial charge in [0.05, 0.1) is 11.3 Å². The van der Waals surface area contributed by atoms with Crippen LogP contribution in [0.4, 0.5) is 17.1 Å². The smallest absolute Gasteiger partial charge is 0.257 e. The third-order valence-electron chi connectivity index (χ3n) is 5.32. The van der Waals surface area contributed by atoms with Crippen LogP contribution in [0.3, 0.4) is 0 Å². The SMILES string of the molecule is CN(C)C(=O)c1cccc(Nc2c(N[C@H]3CCCC[C@@H]3CO)c(=O)c2=O)c1O.[HH].[HH]. The van der Waals surface area contributed by atoms with Gasteiger partial charge in [-0.05, 0) is 25.0 Å². The Hall–Kier alpha value is -2.87. The third kappa shape index (κ3) is 3.60. The average Bonchev–Trinajstić information content (AvgIpc) is 2.71. The average molecular weight is 391 g/mol. The lowest BCUT2D eigenvalue weighted by molar-refractivity contribution is 0.0824. The van der Waals surface area contributed by atoms with E-state index in [0.29, 0.717) is 0 Å². The first-order valence-corrected chi connectivity index (χ1v) is 9.36. The van der Waals surface area contributed by atoms with Gasteiger partial charge in [-0.1, -0.05) is 18.9 Å². The molecule has 154 valence electrons. The number of carbonyl (C=O) groups excluding carboxylic acids is 1. The minimum Gasteiger partial charge on any atom is -0.505 e. The van der Waals surface area contributed by atoms with E-state index in [-0.39, 0.29) is 55.7 Å². The number of hydrogen-bond acceptors (Lipinski definition) is 7. The van der Waals surface area contributed by atoms with Crippen LogP contribution in [0.2, 0.25) is 0 Å².